The predicted molar refractivity (Wildman–Crippen MR) is 96.3 cm³/mol. The second-order valence-corrected chi connectivity index (χ2v) is 7.43. The Bertz CT molecular complexity index is 768. The molecule has 1 heterocycles. The van der Waals surface area contributed by atoms with E-state index in [1.165, 1.54) is 17.7 Å². The summed E-state index contributed by atoms with van der Waals surface area (Å²) in [6.45, 7) is 5.51. The molecule has 0 radical (unpaired) electrons. The molecule has 26 heavy (non-hydrogen) atoms. The number of alkyl halides is 3. The van der Waals surface area contributed by atoms with Crippen molar-refractivity contribution in [1.82, 2.24) is 5.32 Å². The van der Waals surface area contributed by atoms with E-state index in [0.717, 1.165) is 30.2 Å². The summed E-state index contributed by atoms with van der Waals surface area (Å²) >= 11 is 0. The average molecular weight is 363 g/mol. The minimum absolute atomic E-state index is 0.113. The summed E-state index contributed by atoms with van der Waals surface area (Å²) in [6.07, 6.45) is -1.73. The smallest absolute Gasteiger partial charge is 0.416 e. The molecule has 1 aliphatic rings. The van der Waals surface area contributed by atoms with Crippen LogP contribution in [0.4, 0.5) is 13.2 Å². The Balaban J connectivity index is 1.52. The minimum atomic E-state index is -4.29. The molecule has 0 atom stereocenters. The average Bonchev–Trinajstić information content (AvgIpc) is 2.58. The van der Waals surface area contributed by atoms with Gasteiger partial charge in [-0.2, -0.15) is 13.2 Å². The Morgan fingerprint density at radius 1 is 1.08 bits per heavy atom. The molecule has 5 heteroatoms. The molecule has 2 aromatic rings. The van der Waals surface area contributed by atoms with Gasteiger partial charge in [0.05, 0.1) is 5.56 Å². The van der Waals surface area contributed by atoms with Gasteiger partial charge in [-0.05, 0) is 68.5 Å². The van der Waals surface area contributed by atoms with E-state index in [0.29, 0.717) is 25.1 Å². The van der Waals surface area contributed by atoms with Crippen molar-refractivity contribution >= 4 is 0 Å². The van der Waals surface area contributed by atoms with Gasteiger partial charge in [0.1, 0.15) is 11.4 Å². The SMILES string of the molecule is CC1(C)CCc2cc(CNCCc3cccc(C(F)(F)F)c3)ccc2O1. The lowest BCUT2D eigenvalue weighted by atomic mass is 9.93. The number of hydrogen-bond donors (Lipinski definition) is 1. The number of fused-ring (bicyclic) bond motifs is 1. The Kier molecular flexibility index (Phi) is 5.28. The van der Waals surface area contributed by atoms with Crippen molar-refractivity contribution in [2.45, 2.75) is 51.4 Å². The second-order valence-electron chi connectivity index (χ2n) is 7.43. The van der Waals surface area contributed by atoms with Gasteiger partial charge in [-0.25, -0.2) is 0 Å². The first-order chi connectivity index (χ1) is 12.2. The first kappa shape index (κ1) is 18.8. The number of ether oxygens (including phenoxy) is 1. The van der Waals surface area contributed by atoms with E-state index in [1.807, 2.05) is 12.1 Å². The van der Waals surface area contributed by atoms with Crippen LogP contribution in [0.15, 0.2) is 42.5 Å². The Morgan fingerprint density at radius 3 is 2.65 bits per heavy atom. The van der Waals surface area contributed by atoms with Crippen molar-refractivity contribution in [3.8, 4) is 5.75 Å². The maximum atomic E-state index is 12.7. The maximum absolute atomic E-state index is 12.7. The lowest BCUT2D eigenvalue weighted by Gasteiger charge is -2.32. The zero-order chi connectivity index (χ0) is 18.8. The van der Waals surface area contributed by atoms with Crippen molar-refractivity contribution in [2.24, 2.45) is 0 Å². The zero-order valence-corrected chi connectivity index (χ0v) is 15.1. The molecule has 0 bridgehead atoms. The number of nitrogens with one attached hydrogen (secondary N) is 1. The molecule has 1 aliphatic heterocycles. The van der Waals surface area contributed by atoms with Gasteiger partial charge in [-0.3, -0.25) is 0 Å². The minimum Gasteiger partial charge on any atom is -0.488 e. The summed E-state index contributed by atoms with van der Waals surface area (Å²) in [5.41, 5.74) is 2.37. The highest BCUT2D eigenvalue weighted by atomic mass is 19.4. The third kappa shape index (κ3) is 4.79. The molecule has 0 saturated carbocycles. The summed E-state index contributed by atoms with van der Waals surface area (Å²) in [7, 11) is 0. The van der Waals surface area contributed by atoms with E-state index in [2.05, 4.69) is 25.2 Å². The van der Waals surface area contributed by atoms with Gasteiger partial charge in [-0.15, -0.1) is 0 Å². The maximum Gasteiger partial charge on any atom is 0.416 e. The molecule has 2 nitrogen and oxygen atoms in total. The molecule has 2 aromatic carbocycles. The van der Waals surface area contributed by atoms with E-state index in [4.69, 9.17) is 4.74 Å². The van der Waals surface area contributed by atoms with Gasteiger partial charge in [0.2, 0.25) is 0 Å². The molecule has 140 valence electrons. The summed E-state index contributed by atoms with van der Waals surface area (Å²) in [4.78, 5) is 0. The molecule has 0 aliphatic carbocycles. The lowest BCUT2D eigenvalue weighted by molar-refractivity contribution is -0.137. The van der Waals surface area contributed by atoms with Crippen LogP contribution < -0.4 is 10.1 Å². The topological polar surface area (TPSA) is 21.3 Å². The molecule has 0 amide bonds. The van der Waals surface area contributed by atoms with Crippen molar-refractivity contribution < 1.29 is 17.9 Å². The molecule has 0 fully saturated rings. The fraction of sp³-hybridized carbons (Fsp3) is 0.429. The molecule has 0 saturated heterocycles. The molecule has 0 aromatic heterocycles. The van der Waals surface area contributed by atoms with E-state index < -0.39 is 11.7 Å². The van der Waals surface area contributed by atoms with Crippen molar-refractivity contribution in [2.75, 3.05) is 6.54 Å². The Morgan fingerprint density at radius 2 is 1.88 bits per heavy atom. The predicted octanol–water partition coefficient (Wildman–Crippen LogP) is 5.14. The molecule has 0 unspecified atom stereocenters. The van der Waals surface area contributed by atoms with Crippen LogP contribution in [0.5, 0.6) is 5.75 Å². The number of benzene rings is 2. The molecular weight excluding hydrogens is 339 g/mol. The van der Waals surface area contributed by atoms with Crippen LogP contribution in [0.3, 0.4) is 0 Å². The highest BCUT2D eigenvalue weighted by Gasteiger charge is 2.30. The monoisotopic (exact) mass is 363 g/mol. The number of halogens is 3. The molecule has 3 rings (SSSR count). The third-order valence-electron chi connectivity index (χ3n) is 4.68. The number of aryl methyl sites for hydroxylation is 1. The van der Waals surface area contributed by atoms with Gasteiger partial charge < -0.3 is 10.1 Å². The molecule has 0 spiro atoms. The van der Waals surface area contributed by atoms with Crippen molar-refractivity contribution in [1.29, 1.82) is 0 Å². The highest BCUT2D eigenvalue weighted by molar-refractivity contribution is 5.39. The number of hydrogen-bond acceptors (Lipinski definition) is 2. The Hall–Kier alpha value is -2.01. The van der Waals surface area contributed by atoms with Gasteiger partial charge in [-0.1, -0.05) is 30.3 Å². The molecular formula is C21H24F3NO. The van der Waals surface area contributed by atoms with Crippen LogP contribution in [-0.2, 0) is 25.6 Å². The first-order valence-corrected chi connectivity index (χ1v) is 8.91. The second kappa shape index (κ2) is 7.31. The van der Waals surface area contributed by atoms with Crippen molar-refractivity contribution in [3.05, 3.63) is 64.7 Å². The third-order valence-corrected chi connectivity index (χ3v) is 4.68. The normalized spacial score (nSPS) is 16.0. The van der Waals surface area contributed by atoms with Crippen LogP contribution in [0, 0.1) is 0 Å². The standard InChI is InChI=1S/C21H24F3NO/c1-20(2)10-8-17-12-16(6-7-19(17)26-20)14-25-11-9-15-4-3-5-18(13-15)21(22,23)24/h3-7,12-13,25H,8-11,14H2,1-2H3. The van der Waals surface area contributed by atoms with E-state index in [9.17, 15) is 13.2 Å². The van der Waals surface area contributed by atoms with E-state index >= 15 is 0 Å². The van der Waals surface area contributed by atoms with E-state index in [-0.39, 0.29) is 5.60 Å². The quantitative estimate of drug-likeness (QED) is 0.743. The summed E-state index contributed by atoms with van der Waals surface area (Å²) < 4.78 is 44.2. The highest BCUT2D eigenvalue weighted by Crippen LogP contribution is 2.33. The number of rotatable bonds is 5. The van der Waals surface area contributed by atoms with Gasteiger partial charge in [0, 0.05) is 6.54 Å². The first-order valence-electron chi connectivity index (χ1n) is 8.91. The van der Waals surface area contributed by atoms with Crippen LogP contribution in [0.2, 0.25) is 0 Å². The van der Waals surface area contributed by atoms with E-state index in [1.54, 1.807) is 6.07 Å². The van der Waals surface area contributed by atoms with Crippen molar-refractivity contribution in [3.63, 3.8) is 0 Å². The lowest BCUT2D eigenvalue weighted by Crippen LogP contribution is -2.32. The molecule has 1 N–H and O–H groups in total. The van der Waals surface area contributed by atoms with Gasteiger partial charge in [0.15, 0.2) is 0 Å². The summed E-state index contributed by atoms with van der Waals surface area (Å²) in [5.74, 6) is 0.953. The largest absolute Gasteiger partial charge is 0.488 e. The van der Waals surface area contributed by atoms with Gasteiger partial charge >= 0.3 is 6.18 Å². The fourth-order valence-corrected chi connectivity index (χ4v) is 3.19. The van der Waals surface area contributed by atoms with Crippen LogP contribution in [0.25, 0.3) is 0 Å². The van der Waals surface area contributed by atoms with Crippen LogP contribution in [0.1, 0.15) is 42.5 Å². The summed E-state index contributed by atoms with van der Waals surface area (Å²) in [5, 5.41) is 3.31. The summed E-state index contributed by atoms with van der Waals surface area (Å²) in [6, 6.07) is 11.7. The van der Waals surface area contributed by atoms with Gasteiger partial charge in [0.25, 0.3) is 0 Å². The van der Waals surface area contributed by atoms with Crippen LogP contribution in [-0.4, -0.2) is 12.1 Å². The Labute approximate surface area is 152 Å². The fourth-order valence-electron chi connectivity index (χ4n) is 3.19. The van der Waals surface area contributed by atoms with Crippen LogP contribution >= 0.6 is 0 Å². The zero-order valence-electron chi connectivity index (χ0n) is 15.1.